The van der Waals surface area contributed by atoms with E-state index in [4.69, 9.17) is 0 Å². The number of piperidine rings is 1. The smallest absolute Gasteiger partial charge is 0.0127 e. The van der Waals surface area contributed by atoms with Gasteiger partial charge in [0.1, 0.15) is 0 Å². The molecule has 0 bridgehead atoms. The normalized spacial score (nSPS) is 26.8. The molecule has 0 N–H and O–H groups in total. The maximum atomic E-state index is 2.63. The molecule has 0 aromatic heterocycles. The van der Waals surface area contributed by atoms with Gasteiger partial charge in [0, 0.05) is 18.4 Å². The van der Waals surface area contributed by atoms with Gasteiger partial charge in [0.2, 0.25) is 0 Å². The van der Waals surface area contributed by atoms with E-state index in [2.05, 4.69) is 68.1 Å². The molecule has 0 radical (unpaired) electrons. The Morgan fingerprint density at radius 3 is 2.43 bits per heavy atom. The van der Waals surface area contributed by atoms with Crippen molar-refractivity contribution in [1.29, 1.82) is 0 Å². The highest BCUT2D eigenvalue weighted by atomic mass is 15.1. The molecule has 1 nitrogen and oxygen atoms in total. The van der Waals surface area contributed by atoms with E-state index < -0.39 is 0 Å². The van der Waals surface area contributed by atoms with Gasteiger partial charge in [0.25, 0.3) is 0 Å². The van der Waals surface area contributed by atoms with Crippen LogP contribution in [0.5, 0.6) is 0 Å². The van der Waals surface area contributed by atoms with Crippen LogP contribution in [-0.4, -0.2) is 24.5 Å². The zero-order valence-electron chi connectivity index (χ0n) is 14.5. The monoisotopic (exact) mass is 305 g/mol. The molecule has 23 heavy (non-hydrogen) atoms. The van der Waals surface area contributed by atoms with Gasteiger partial charge in [-0.15, -0.1) is 0 Å². The summed E-state index contributed by atoms with van der Waals surface area (Å²) in [5.41, 5.74) is 7.48. The molecule has 1 aliphatic heterocycles. The molecule has 2 aromatic rings. The number of hydrogen-bond donors (Lipinski definition) is 0. The number of benzene rings is 2. The number of rotatable bonds is 2. The van der Waals surface area contributed by atoms with Gasteiger partial charge < -0.3 is 4.90 Å². The summed E-state index contributed by atoms with van der Waals surface area (Å²) in [4.78, 5) is 2.63. The first-order valence-corrected chi connectivity index (χ1v) is 9.06. The van der Waals surface area contributed by atoms with Crippen LogP contribution in [0.4, 0.5) is 0 Å². The Balaban J connectivity index is 1.80. The highest BCUT2D eigenvalue weighted by molar-refractivity contribution is 5.48. The van der Waals surface area contributed by atoms with Crippen LogP contribution in [0.25, 0.3) is 0 Å². The molecule has 0 unspecified atom stereocenters. The number of fused-ring (bicyclic) bond motifs is 3. The van der Waals surface area contributed by atoms with Gasteiger partial charge in [-0.1, -0.05) is 60.5 Å². The Morgan fingerprint density at radius 2 is 1.70 bits per heavy atom. The summed E-state index contributed by atoms with van der Waals surface area (Å²) in [5.74, 6) is 2.08. The summed E-state index contributed by atoms with van der Waals surface area (Å²) in [6.07, 6.45) is 1.32. The average molecular weight is 305 g/mol. The first kappa shape index (κ1) is 15.0. The topological polar surface area (TPSA) is 3.24 Å². The SMILES string of the molecule is CCN1CC[C@H]2[C@H](c3ccc(C)cc3)c3cc(C)ccc3[C@@H]2C1. The van der Waals surface area contributed by atoms with Crippen molar-refractivity contribution < 1.29 is 0 Å². The summed E-state index contributed by atoms with van der Waals surface area (Å²) in [7, 11) is 0. The van der Waals surface area contributed by atoms with Gasteiger partial charge in [0.05, 0.1) is 0 Å². The van der Waals surface area contributed by atoms with Crippen molar-refractivity contribution in [3.05, 3.63) is 70.3 Å². The van der Waals surface area contributed by atoms with Gasteiger partial charge in [0.15, 0.2) is 0 Å². The lowest BCUT2D eigenvalue weighted by Crippen LogP contribution is -2.38. The van der Waals surface area contributed by atoms with Crippen molar-refractivity contribution in [3.8, 4) is 0 Å². The number of nitrogens with zero attached hydrogens (tertiary/aromatic N) is 1. The van der Waals surface area contributed by atoms with Crippen LogP contribution < -0.4 is 0 Å². The standard InChI is InChI=1S/C22H27N/c1-4-23-12-11-19-21(14-23)18-10-7-16(3)13-20(18)22(19)17-8-5-15(2)6-9-17/h5-10,13,19,21-22H,4,11-12,14H2,1-3H3/t19-,21+,22+/m1/s1. The minimum atomic E-state index is 0.592. The summed E-state index contributed by atoms with van der Waals surface area (Å²) < 4.78 is 0. The van der Waals surface area contributed by atoms with E-state index in [-0.39, 0.29) is 0 Å². The third kappa shape index (κ3) is 2.52. The average Bonchev–Trinajstić information content (AvgIpc) is 2.88. The fourth-order valence-corrected chi connectivity index (χ4v) is 4.79. The second-order valence-corrected chi connectivity index (χ2v) is 7.47. The highest BCUT2D eigenvalue weighted by Crippen LogP contribution is 2.53. The molecule has 2 aromatic carbocycles. The fourth-order valence-electron chi connectivity index (χ4n) is 4.79. The number of aryl methyl sites for hydroxylation is 2. The second kappa shape index (κ2) is 5.79. The van der Waals surface area contributed by atoms with Crippen LogP contribution in [0, 0.1) is 19.8 Å². The van der Waals surface area contributed by atoms with Crippen molar-refractivity contribution in [2.45, 2.75) is 39.0 Å². The van der Waals surface area contributed by atoms with Crippen LogP contribution in [0.1, 0.15) is 53.0 Å². The Labute approximate surface area is 140 Å². The Kier molecular flexibility index (Phi) is 3.77. The second-order valence-electron chi connectivity index (χ2n) is 7.47. The molecule has 120 valence electrons. The predicted octanol–water partition coefficient (Wildman–Crippen LogP) is 4.87. The summed E-state index contributed by atoms with van der Waals surface area (Å²) in [6.45, 7) is 10.4. The van der Waals surface area contributed by atoms with Gasteiger partial charge in [-0.05, 0) is 56.0 Å². The molecule has 0 saturated carbocycles. The molecular formula is C22H27N. The van der Waals surface area contributed by atoms with Crippen LogP contribution in [0.2, 0.25) is 0 Å². The molecule has 1 aliphatic carbocycles. The van der Waals surface area contributed by atoms with Gasteiger partial charge in [-0.25, -0.2) is 0 Å². The maximum Gasteiger partial charge on any atom is 0.0127 e. The van der Waals surface area contributed by atoms with E-state index in [0.29, 0.717) is 11.8 Å². The Hall–Kier alpha value is -1.60. The van der Waals surface area contributed by atoms with Crippen molar-refractivity contribution in [3.63, 3.8) is 0 Å². The maximum absolute atomic E-state index is 2.63. The Bertz CT molecular complexity index is 700. The predicted molar refractivity (Wildman–Crippen MR) is 97.2 cm³/mol. The first-order valence-electron chi connectivity index (χ1n) is 9.06. The highest BCUT2D eigenvalue weighted by Gasteiger charge is 2.43. The van der Waals surface area contributed by atoms with Crippen LogP contribution in [0.15, 0.2) is 42.5 Å². The minimum Gasteiger partial charge on any atom is -0.303 e. The van der Waals surface area contributed by atoms with Crippen LogP contribution in [0.3, 0.4) is 0 Å². The third-order valence-corrected chi connectivity index (χ3v) is 6.04. The zero-order chi connectivity index (χ0) is 16.0. The Morgan fingerprint density at radius 1 is 0.957 bits per heavy atom. The van der Waals surface area contributed by atoms with Crippen LogP contribution >= 0.6 is 0 Å². The van der Waals surface area contributed by atoms with Crippen molar-refractivity contribution in [1.82, 2.24) is 4.90 Å². The minimum absolute atomic E-state index is 0.592. The first-order chi connectivity index (χ1) is 11.2. The summed E-state index contributed by atoms with van der Waals surface area (Å²) in [5, 5.41) is 0. The largest absolute Gasteiger partial charge is 0.303 e. The van der Waals surface area contributed by atoms with Crippen LogP contribution in [-0.2, 0) is 0 Å². The molecule has 3 atom stereocenters. The lowest BCUT2D eigenvalue weighted by atomic mass is 9.78. The third-order valence-electron chi connectivity index (χ3n) is 6.04. The lowest BCUT2D eigenvalue weighted by Gasteiger charge is -2.37. The molecular weight excluding hydrogens is 278 g/mol. The van der Waals surface area contributed by atoms with E-state index in [1.54, 1.807) is 11.1 Å². The molecule has 0 spiro atoms. The number of likely N-dealkylation sites (tertiary alicyclic amines) is 1. The zero-order valence-corrected chi connectivity index (χ0v) is 14.5. The van der Waals surface area contributed by atoms with E-state index >= 15 is 0 Å². The molecule has 4 rings (SSSR count). The van der Waals surface area contributed by atoms with E-state index in [0.717, 1.165) is 5.92 Å². The molecule has 1 fully saturated rings. The lowest BCUT2D eigenvalue weighted by molar-refractivity contribution is 0.167. The fraction of sp³-hybridized carbons (Fsp3) is 0.455. The number of likely N-dealkylation sites (N-methyl/N-ethyl adjacent to an activating group) is 1. The van der Waals surface area contributed by atoms with Crippen molar-refractivity contribution in [2.75, 3.05) is 19.6 Å². The van der Waals surface area contributed by atoms with E-state index in [1.807, 2.05) is 0 Å². The van der Waals surface area contributed by atoms with Gasteiger partial charge >= 0.3 is 0 Å². The van der Waals surface area contributed by atoms with E-state index in [1.165, 1.54) is 42.7 Å². The van der Waals surface area contributed by atoms with Crippen molar-refractivity contribution in [2.24, 2.45) is 5.92 Å². The molecule has 2 aliphatic rings. The van der Waals surface area contributed by atoms with Gasteiger partial charge in [-0.2, -0.15) is 0 Å². The summed E-state index contributed by atoms with van der Waals surface area (Å²) in [6, 6.07) is 16.4. The van der Waals surface area contributed by atoms with Crippen molar-refractivity contribution >= 4 is 0 Å². The molecule has 0 amide bonds. The number of hydrogen-bond acceptors (Lipinski definition) is 1. The molecule has 1 saturated heterocycles. The van der Waals surface area contributed by atoms with Gasteiger partial charge in [-0.3, -0.25) is 0 Å². The molecule has 1 heterocycles. The van der Waals surface area contributed by atoms with E-state index in [9.17, 15) is 0 Å². The molecule has 1 heteroatoms. The quantitative estimate of drug-likeness (QED) is 0.765. The summed E-state index contributed by atoms with van der Waals surface area (Å²) >= 11 is 0.